The van der Waals surface area contributed by atoms with E-state index in [4.69, 9.17) is 25.2 Å². The molecule has 180 valence electrons. The highest BCUT2D eigenvalue weighted by Gasteiger charge is 2.46. The third-order valence-electron chi connectivity index (χ3n) is 3.75. The number of nitrogens with two attached hydrogens (primary N) is 1. The molecule has 1 aliphatic rings. The summed E-state index contributed by atoms with van der Waals surface area (Å²) in [4.78, 5) is 50.0. The Labute approximate surface area is 179 Å². The highest BCUT2D eigenvalue weighted by atomic mass is 31.3. The second kappa shape index (κ2) is 10.4. The lowest BCUT2D eigenvalue weighted by Gasteiger charge is -2.19. The van der Waals surface area contributed by atoms with Crippen molar-refractivity contribution in [2.45, 2.75) is 24.4 Å². The van der Waals surface area contributed by atoms with Crippen LogP contribution in [0.4, 0.5) is 0 Å². The number of ether oxygens (including phenoxy) is 1. The van der Waals surface area contributed by atoms with Crippen LogP contribution in [0, 0.1) is 11.8 Å². The molecule has 1 aliphatic heterocycles. The fraction of sp³-hybridized carbons (Fsp3) is 0.462. The Balaban J connectivity index is 2.11. The van der Waals surface area contributed by atoms with Crippen molar-refractivity contribution in [1.29, 1.82) is 0 Å². The second-order valence-electron chi connectivity index (χ2n) is 6.14. The van der Waals surface area contributed by atoms with Crippen LogP contribution >= 0.6 is 23.5 Å². The molecule has 2 unspecified atom stereocenters. The van der Waals surface area contributed by atoms with Gasteiger partial charge in [0.05, 0.1) is 13.2 Å². The van der Waals surface area contributed by atoms with E-state index in [1.165, 1.54) is 12.3 Å². The van der Waals surface area contributed by atoms with Crippen molar-refractivity contribution < 1.29 is 61.4 Å². The number of phosphoric ester groups is 1. The van der Waals surface area contributed by atoms with Crippen LogP contribution in [-0.4, -0.2) is 66.2 Å². The summed E-state index contributed by atoms with van der Waals surface area (Å²) in [6.45, 7) is -0.971. The van der Waals surface area contributed by atoms with E-state index in [1.807, 2.05) is 0 Å². The lowest BCUT2D eigenvalue weighted by Crippen LogP contribution is -2.33. The van der Waals surface area contributed by atoms with Gasteiger partial charge in [-0.1, -0.05) is 11.8 Å². The summed E-state index contributed by atoms with van der Waals surface area (Å²) in [6.07, 6.45) is -5.10. The maximum Gasteiger partial charge on any atom is 0.490 e. The molecule has 0 amide bonds. The van der Waals surface area contributed by atoms with Gasteiger partial charge in [0, 0.05) is 17.3 Å². The summed E-state index contributed by atoms with van der Waals surface area (Å²) in [6, 6.07) is 1.27. The third kappa shape index (κ3) is 7.67. The molecule has 0 saturated carbocycles. The zero-order valence-electron chi connectivity index (χ0n) is 15.7. The largest absolute Gasteiger partial charge is 0.490 e. The van der Waals surface area contributed by atoms with E-state index in [9.17, 15) is 33.6 Å². The standard InChI is InChI=1S/C13H19N2O14P3/c14-3-1-2-7-4-8(13(18)15-5-7)12-11(17)10(16)9(27-12)6-26-31(22,23)29-32(24,25)28-30(19,20)21/h4-5,9-12,16-17H,3,6,14H2,(H,15,18)(H,22,23)(H,24,25)(H2,19,20,21)/t9-,10-,11-,12+/m1/s1. The van der Waals surface area contributed by atoms with Gasteiger partial charge in [-0.3, -0.25) is 9.32 Å². The predicted molar refractivity (Wildman–Crippen MR) is 102 cm³/mol. The average Bonchev–Trinajstić information content (AvgIpc) is 2.91. The summed E-state index contributed by atoms with van der Waals surface area (Å²) in [5.41, 5.74) is 4.76. The van der Waals surface area contributed by atoms with Gasteiger partial charge in [-0.15, -0.1) is 0 Å². The van der Waals surface area contributed by atoms with Gasteiger partial charge in [0.1, 0.15) is 24.4 Å². The molecule has 1 fully saturated rings. The Bertz CT molecular complexity index is 1090. The minimum absolute atomic E-state index is 0.0401. The van der Waals surface area contributed by atoms with Gasteiger partial charge in [-0.05, 0) is 6.07 Å². The summed E-state index contributed by atoms with van der Waals surface area (Å²) >= 11 is 0. The van der Waals surface area contributed by atoms with E-state index >= 15 is 0 Å². The van der Waals surface area contributed by atoms with Crippen molar-refractivity contribution in [3.05, 3.63) is 33.7 Å². The maximum atomic E-state index is 12.1. The molecule has 9 N–H and O–H groups in total. The SMILES string of the molecule is NCC#Cc1c[nH]c(=O)c([C@@H]2O[C@H](COP(=O)(O)OP(=O)(O)OP(=O)(O)O)[C@@H](O)[C@H]2O)c1. The molecule has 1 aromatic heterocycles. The molecule has 2 rings (SSSR count). The fourth-order valence-electron chi connectivity index (χ4n) is 2.55. The molecule has 0 spiro atoms. The molecule has 0 aliphatic carbocycles. The monoisotopic (exact) mass is 520 g/mol. The number of H-pyrrole nitrogens is 1. The van der Waals surface area contributed by atoms with Gasteiger partial charge in [-0.25, -0.2) is 13.7 Å². The number of aromatic amines is 1. The summed E-state index contributed by atoms with van der Waals surface area (Å²) in [7, 11) is -16.8. The van der Waals surface area contributed by atoms with Crippen LogP contribution in [0.2, 0.25) is 0 Å². The normalized spacial score (nSPS) is 27.2. The van der Waals surface area contributed by atoms with Gasteiger partial charge in [0.25, 0.3) is 5.56 Å². The first-order valence-electron chi connectivity index (χ1n) is 8.35. The Kier molecular flexibility index (Phi) is 8.74. The lowest BCUT2D eigenvalue weighted by molar-refractivity contribution is -0.0226. The van der Waals surface area contributed by atoms with Crippen molar-refractivity contribution in [3.8, 4) is 11.8 Å². The third-order valence-corrected chi connectivity index (χ3v) is 7.56. The molecule has 6 atom stereocenters. The predicted octanol–water partition coefficient (Wildman–Crippen LogP) is -1.81. The molecular formula is C13H19N2O14P3. The summed E-state index contributed by atoms with van der Waals surface area (Å²) in [5.74, 6) is 5.19. The minimum atomic E-state index is -5.73. The number of pyridine rings is 1. The van der Waals surface area contributed by atoms with Crippen LogP contribution in [0.3, 0.4) is 0 Å². The van der Waals surface area contributed by atoms with Crippen LogP contribution < -0.4 is 11.3 Å². The molecule has 0 radical (unpaired) electrons. The number of hydrogen-bond acceptors (Lipinski definition) is 11. The first-order chi connectivity index (χ1) is 14.6. The number of aliphatic hydroxyl groups is 2. The fourth-order valence-corrected chi connectivity index (χ4v) is 5.58. The number of aliphatic hydroxyl groups excluding tert-OH is 2. The second-order valence-corrected chi connectivity index (χ2v) is 10.6. The smallest absolute Gasteiger partial charge is 0.387 e. The molecule has 19 heteroatoms. The number of rotatable bonds is 8. The van der Waals surface area contributed by atoms with E-state index in [-0.39, 0.29) is 12.1 Å². The first kappa shape index (κ1) is 27.0. The van der Waals surface area contributed by atoms with Crippen LogP contribution in [0.1, 0.15) is 17.2 Å². The Hall–Kier alpha value is -1.24. The molecule has 0 aromatic carbocycles. The molecule has 16 nitrogen and oxygen atoms in total. The first-order valence-corrected chi connectivity index (χ1v) is 12.9. The average molecular weight is 520 g/mol. The van der Waals surface area contributed by atoms with Crippen LogP contribution in [0.15, 0.2) is 17.1 Å². The van der Waals surface area contributed by atoms with E-state index < -0.39 is 60.1 Å². The van der Waals surface area contributed by atoms with Crippen LogP contribution in [0.25, 0.3) is 0 Å². The summed E-state index contributed by atoms with van der Waals surface area (Å²) < 4.78 is 50.5. The highest BCUT2D eigenvalue weighted by molar-refractivity contribution is 7.66. The molecule has 32 heavy (non-hydrogen) atoms. The number of phosphoric acid groups is 3. The van der Waals surface area contributed by atoms with Gasteiger partial charge in [-0.2, -0.15) is 8.62 Å². The van der Waals surface area contributed by atoms with Crippen molar-refractivity contribution in [2.24, 2.45) is 5.73 Å². The minimum Gasteiger partial charge on any atom is -0.387 e. The van der Waals surface area contributed by atoms with Crippen LogP contribution in [0.5, 0.6) is 0 Å². The number of aromatic nitrogens is 1. The van der Waals surface area contributed by atoms with E-state index in [1.54, 1.807) is 0 Å². The molecular weight excluding hydrogens is 501 g/mol. The number of nitrogens with one attached hydrogen (secondary N) is 1. The van der Waals surface area contributed by atoms with Crippen molar-refractivity contribution in [2.75, 3.05) is 13.2 Å². The topological polar surface area (TPSA) is 268 Å². The lowest BCUT2D eigenvalue weighted by atomic mass is 10.0. The van der Waals surface area contributed by atoms with Crippen molar-refractivity contribution in [1.82, 2.24) is 4.98 Å². The van der Waals surface area contributed by atoms with E-state index in [2.05, 4.69) is 30.0 Å². The molecule has 1 aromatic rings. The molecule has 0 bridgehead atoms. The number of hydrogen-bond donors (Lipinski definition) is 8. The quantitative estimate of drug-likeness (QED) is 0.139. The van der Waals surface area contributed by atoms with Gasteiger partial charge >= 0.3 is 23.5 Å². The Morgan fingerprint density at radius 2 is 1.75 bits per heavy atom. The van der Waals surface area contributed by atoms with Gasteiger partial charge < -0.3 is 45.2 Å². The van der Waals surface area contributed by atoms with E-state index in [0.29, 0.717) is 5.56 Å². The summed E-state index contributed by atoms with van der Waals surface area (Å²) in [5, 5.41) is 20.3. The zero-order valence-corrected chi connectivity index (χ0v) is 18.4. The van der Waals surface area contributed by atoms with Gasteiger partial charge in [0.2, 0.25) is 0 Å². The molecule has 1 saturated heterocycles. The van der Waals surface area contributed by atoms with Crippen molar-refractivity contribution >= 4 is 23.5 Å². The Morgan fingerprint density at radius 3 is 2.34 bits per heavy atom. The van der Waals surface area contributed by atoms with Gasteiger partial charge in [0.15, 0.2) is 0 Å². The van der Waals surface area contributed by atoms with E-state index in [0.717, 1.165) is 0 Å². The van der Waals surface area contributed by atoms with Crippen LogP contribution in [-0.2, 0) is 31.6 Å². The maximum absolute atomic E-state index is 12.1. The zero-order chi connectivity index (χ0) is 24.3. The Morgan fingerprint density at radius 1 is 1.09 bits per heavy atom. The molecule has 2 heterocycles. The highest BCUT2D eigenvalue weighted by Crippen LogP contribution is 2.66. The van der Waals surface area contributed by atoms with Crippen molar-refractivity contribution in [3.63, 3.8) is 0 Å².